The van der Waals surface area contributed by atoms with Crippen LogP contribution in [-0.2, 0) is 4.74 Å². The van der Waals surface area contributed by atoms with Gasteiger partial charge in [0.15, 0.2) is 0 Å². The van der Waals surface area contributed by atoms with Crippen LogP contribution >= 0.6 is 0 Å². The number of methoxy groups -OCH3 is 1. The van der Waals surface area contributed by atoms with Crippen LogP contribution in [-0.4, -0.2) is 44.0 Å². The molecule has 1 amide bonds. The molecular formula is C8H15N3O2. The van der Waals surface area contributed by atoms with E-state index in [9.17, 15) is 4.79 Å². The number of ether oxygens (including phenoxy) is 1. The highest BCUT2D eigenvalue weighted by molar-refractivity contribution is 5.86. The third-order valence-corrected chi connectivity index (χ3v) is 2.05. The Hall–Kier alpha value is -1.10. The fourth-order valence-electron chi connectivity index (χ4n) is 1.16. The first-order valence-electron chi connectivity index (χ1n) is 4.30. The number of nitrogens with zero attached hydrogens (tertiary/aromatic N) is 2. The second-order valence-corrected chi connectivity index (χ2v) is 3.08. The summed E-state index contributed by atoms with van der Waals surface area (Å²) in [6, 6.07) is 0. The van der Waals surface area contributed by atoms with E-state index in [1.54, 1.807) is 0 Å². The maximum atomic E-state index is 10.7. The number of hydrogen-bond donors (Lipinski definition) is 1. The number of likely N-dealkylation sites (tertiary alicyclic amines) is 1. The van der Waals surface area contributed by atoms with Crippen molar-refractivity contribution in [2.75, 3.05) is 27.2 Å². The molecule has 13 heavy (non-hydrogen) atoms. The Morgan fingerprint density at radius 2 is 2.15 bits per heavy atom. The van der Waals surface area contributed by atoms with E-state index >= 15 is 0 Å². The van der Waals surface area contributed by atoms with Crippen molar-refractivity contribution in [1.29, 1.82) is 0 Å². The predicted octanol–water partition coefficient (Wildman–Crippen LogP) is 0.424. The summed E-state index contributed by atoms with van der Waals surface area (Å²) in [6.45, 7) is 2.00. The maximum absolute atomic E-state index is 10.7. The van der Waals surface area contributed by atoms with Gasteiger partial charge in [0.25, 0.3) is 0 Å². The molecule has 0 aromatic carbocycles. The van der Waals surface area contributed by atoms with E-state index in [0.29, 0.717) is 0 Å². The molecule has 1 fully saturated rings. The summed E-state index contributed by atoms with van der Waals surface area (Å²) < 4.78 is 4.39. The van der Waals surface area contributed by atoms with Crippen molar-refractivity contribution < 1.29 is 9.53 Å². The summed E-state index contributed by atoms with van der Waals surface area (Å²) in [5, 5.41) is 3.95. The van der Waals surface area contributed by atoms with Crippen LogP contribution in [0.1, 0.15) is 12.8 Å². The van der Waals surface area contributed by atoms with Gasteiger partial charge >= 0.3 is 6.09 Å². The molecule has 0 aromatic rings. The van der Waals surface area contributed by atoms with Crippen molar-refractivity contribution in [3.8, 4) is 0 Å². The summed E-state index contributed by atoms with van der Waals surface area (Å²) in [7, 11) is 3.40. The Morgan fingerprint density at radius 1 is 1.54 bits per heavy atom. The average Bonchev–Trinajstić information content (AvgIpc) is 2.16. The van der Waals surface area contributed by atoms with Crippen molar-refractivity contribution in [3.05, 3.63) is 0 Å². The van der Waals surface area contributed by atoms with Crippen LogP contribution in [0.5, 0.6) is 0 Å². The maximum Gasteiger partial charge on any atom is 0.427 e. The van der Waals surface area contributed by atoms with Gasteiger partial charge in [-0.25, -0.2) is 10.2 Å². The van der Waals surface area contributed by atoms with E-state index in [2.05, 4.69) is 27.2 Å². The minimum absolute atomic E-state index is 0.508. The van der Waals surface area contributed by atoms with Crippen LogP contribution in [0.25, 0.3) is 0 Å². The number of hydrazone groups is 1. The van der Waals surface area contributed by atoms with E-state index in [4.69, 9.17) is 0 Å². The zero-order valence-electron chi connectivity index (χ0n) is 8.04. The molecule has 0 aliphatic carbocycles. The summed E-state index contributed by atoms with van der Waals surface area (Å²) in [5.74, 6) is 0. The number of hydrogen-bond acceptors (Lipinski definition) is 4. The smallest absolute Gasteiger partial charge is 0.427 e. The average molecular weight is 185 g/mol. The summed E-state index contributed by atoms with van der Waals surface area (Å²) >= 11 is 0. The number of piperidine rings is 1. The normalized spacial score (nSPS) is 18.2. The Kier molecular flexibility index (Phi) is 3.70. The van der Waals surface area contributed by atoms with Gasteiger partial charge in [0.2, 0.25) is 0 Å². The highest BCUT2D eigenvalue weighted by Gasteiger charge is 2.11. The van der Waals surface area contributed by atoms with Gasteiger partial charge in [-0.2, -0.15) is 5.10 Å². The molecule has 0 atom stereocenters. The second-order valence-electron chi connectivity index (χ2n) is 3.08. The van der Waals surface area contributed by atoms with Gasteiger partial charge in [-0.3, -0.25) is 0 Å². The zero-order chi connectivity index (χ0) is 9.68. The first-order chi connectivity index (χ1) is 6.22. The van der Waals surface area contributed by atoms with Crippen LogP contribution in [0.4, 0.5) is 4.79 Å². The number of carbonyl (C=O) groups excluding carboxylic acids is 1. The number of nitrogens with one attached hydrogen (secondary N) is 1. The number of rotatable bonds is 1. The first-order valence-corrected chi connectivity index (χ1v) is 4.30. The SMILES string of the molecule is COC(=O)NN=C1CCN(C)CC1. The molecule has 1 N–H and O–H groups in total. The van der Waals surface area contributed by atoms with Crippen molar-refractivity contribution >= 4 is 11.8 Å². The second kappa shape index (κ2) is 4.81. The monoisotopic (exact) mass is 185 g/mol. The molecule has 0 bridgehead atoms. The number of amides is 1. The lowest BCUT2D eigenvalue weighted by Gasteiger charge is -2.22. The summed E-state index contributed by atoms with van der Waals surface area (Å²) in [5.41, 5.74) is 3.36. The highest BCUT2D eigenvalue weighted by atomic mass is 16.5. The molecule has 1 rings (SSSR count). The summed E-state index contributed by atoms with van der Waals surface area (Å²) in [4.78, 5) is 12.9. The molecule has 0 saturated carbocycles. The molecule has 0 unspecified atom stereocenters. The lowest BCUT2D eigenvalue weighted by atomic mass is 10.1. The molecule has 5 heteroatoms. The molecular weight excluding hydrogens is 170 g/mol. The van der Waals surface area contributed by atoms with E-state index in [1.165, 1.54) is 7.11 Å². The van der Waals surface area contributed by atoms with Gasteiger partial charge in [-0.05, 0) is 7.05 Å². The van der Waals surface area contributed by atoms with Gasteiger partial charge in [0.1, 0.15) is 0 Å². The van der Waals surface area contributed by atoms with E-state index in [0.717, 1.165) is 31.6 Å². The largest absolute Gasteiger partial charge is 0.452 e. The molecule has 1 aliphatic heterocycles. The molecule has 1 heterocycles. The van der Waals surface area contributed by atoms with Gasteiger partial charge in [0.05, 0.1) is 7.11 Å². The molecule has 74 valence electrons. The van der Waals surface area contributed by atoms with Crippen LogP contribution in [0.2, 0.25) is 0 Å². The Labute approximate surface area is 77.7 Å². The zero-order valence-corrected chi connectivity index (χ0v) is 8.04. The third-order valence-electron chi connectivity index (χ3n) is 2.05. The Morgan fingerprint density at radius 3 is 2.69 bits per heavy atom. The molecule has 0 spiro atoms. The Bertz CT molecular complexity index is 205. The van der Waals surface area contributed by atoms with Crippen molar-refractivity contribution in [2.24, 2.45) is 5.10 Å². The molecule has 0 radical (unpaired) electrons. The predicted molar refractivity (Wildman–Crippen MR) is 49.7 cm³/mol. The minimum Gasteiger partial charge on any atom is -0.452 e. The van der Waals surface area contributed by atoms with Crippen molar-refractivity contribution in [1.82, 2.24) is 10.3 Å². The number of carbonyl (C=O) groups is 1. The van der Waals surface area contributed by atoms with E-state index < -0.39 is 6.09 Å². The van der Waals surface area contributed by atoms with Gasteiger partial charge < -0.3 is 9.64 Å². The van der Waals surface area contributed by atoms with E-state index in [-0.39, 0.29) is 0 Å². The van der Waals surface area contributed by atoms with Crippen molar-refractivity contribution in [2.45, 2.75) is 12.8 Å². The molecule has 1 aliphatic rings. The van der Waals surface area contributed by atoms with Crippen LogP contribution < -0.4 is 5.43 Å². The molecule has 0 aromatic heterocycles. The fourth-order valence-corrected chi connectivity index (χ4v) is 1.16. The fraction of sp³-hybridized carbons (Fsp3) is 0.750. The van der Waals surface area contributed by atoms with Crippen LogP contribution in [0, 0.1) is 0 Å². The third kappa shape index (κ3) is 3.42. The lowest BCUT2D eigenvalue weighted by Crippen LogP contribution is -2.31. The van der Waals surface area contributed by atoms with Gasteiger partial charge in [0, 0.05) is 31.6 Å². The Balaban J connectivity index is 2.31. The topological polar surface area (TPSA) is 53.9 Å². The van der Waals surface area contributed by atoms with E-state index in [1.807, 2.05) is 0 Å². The minimum atomic E-state index is -0.508. The first kappa shape index (κ1) is 9.98. The van der Waals surface area contributed by atoms with Crippen LogP contribution in [0.3, 0.4) is 0 Å². The van der Waals surface area contributed by atoms with Crippen molar-refractivity contribution in [3.63, 3.8) is 0 Å². The lowest BCUT2D eigenvalue weighted by molar-refractivity contribution is 0.171. The quantitative estimate of drug-likeness (QED) is 0.602. The van der Waals surface area contributed by atoms with Gasteiger partial charge in [-0.15, -0.1) is 0 Å². The molecule has 5 nitrogen and oxygen atoms in total. The highest BCUT2D eigenvalue weighted by Crippen LogP contribution is 2.03. The van der Waals surface area contributed by atoms with Crippen LogP contribution in [0.15, 0.2) is 5.10 Å². The summed E-state index contributed by atoms with van der Waals surface area (Å²) in [6.07, 6.45) is 1.33. The standard InChI is InChI=1S/C8H15N3O2/c1-11-5-3-7(4-6-11)9-10-8(12)13-2/h3-6H2,1-2H3,(H,10,12). The molecule has 1 saturated heterocycles. The van der Waals surface area contributed by atoms with Gasteiger partial charge in [-0.1, -0.05) is 0 Å².